The smallest absolute Gasteiger partial charge is 0.356 e. The van der Waals surface area contributed by atoms with Crippen molar-refractivity contribution in [2.24, 2.45) is 0 Å². The zero-order valence-corrected chi connectivity index (χ0v) is 33.7. The van der Waals surface area contributed by atoms with Gasteiger partial charge in [0.2, 0.25) is 5.91 Å². The molecular weight excluding hydrogens is 791 g/mol. The number of fused-ring (bicyclic) bond motifs is 2. The summed E-state index contributed by atoms with van der Waals surface area (Å²) >= 11 is 1.39. The van der Waals surface area contributed by atoms with Crippen LogP contribution in [0.1, 0.15) is 74.4 Å². The highest BCUT2D eigenvalue weighted by molar-refractivity contribution is 8.00. The van der Waals surface area contributed by atoms with Crippen molar-refractivity contribution < 1.29 is 38.2 Å². The van der Waals surface area contributed by atoms with Crippen LogP contribution in [0, 0.1) is 0 Å². The SMILES string of the molecule is C=CC1=C(C(=O)OC(c2ccccc2)c2ccccc2)N2C(=O)C(NC(=O)CCCC(C(=O)OC(c3ccccc3)c3ccccc3)N3C(=O)c4ccccc4C3=O)[C@@H]2SC1. The molecule has 3 aliphatic heterocycles. The number of β-lactam (4-membered cyclic amide) rings is 1. The standard InChI is InChI=1S/C49H41N3O8S/c1-2-31-30-61-47-40(46(56)52(47)41(31)49(58)60-43(34-22-11-5-12-23-34)35-24-13-6-14-25-35)50-39(53)29-17-28-38(51-44(54)36-26-15-16-27-37(36)45(51)55)48(57)59-42(32-18-7-3-8-19-32)33-20-9-4-10-21-33/h2-16,18-27,38,40,42-43,47H,1,17,28-30H2,(H,50,53)/t38?,40?,47-/m0/s1. The van der Waals surface area contributed by atoms with E-state index in [1.807, 2.05) is 121 Å². The van der Waals surface area contributed by atoms with Crippen LogP contribution in [0.25, 0.3) is 0 Å². The summed E-state index contributed by atoms with van der Waals surface area (Å²) < 4.78 is 12.3. The van der Waals surface area contributed by atoms with E-state index in [2.05, 4.69) is 11.9 Å². The van der Waals surface area contributed by atoms with E-state index in [9.17, 15) is 28.8 Å². The second-order valence-corrected chi connectivity index (χ2v) is 15.8. The first-order valence-corrected chi connectivity index (χ1v) is 21.0. The Kier molecular flexibility index (Phi) is 12.1. The lowest BCUT2D eigenvalue weighted by Crippen LogP contribution is -2.70. The number of nitrogens with one attached hydrogen (secondary N) is 1. The summed E-state index contributed by atoms with van der Waals surface area (Å²) in [5.41, 5.74) is 3.88. The molecule has 4 amide bonds. The highest BCUT2D eigenvalue weighted by atomic mass is 32.2. The van der Waals surface area contributed by atoms with Crippen LogP contribution in [0.15, 0.2) is 170 Å². The summed E-state index contributed by atoms with van der Waals surface area (Å²) in [6.45, 7) is 3.88. The Balaban J connectivity index is 0.957. The number of esters is 2. The molecule has 11 nitrogen and oxygen atoms in total. The highest BCUT2D eigenvalue weighted by Crippen LogP contribution is 2.42. The van der Waals surface area contributed by atoms with Gasteiger partial charge in [0.05, 0.1) is 11.1 Å². The predicted octanol–water partition coefficient (Wildman–Crippen LogP) is 7.33. The van der Waals surface area contributed by atoms with Gasteiger partial charge >= 0.3 is 11.9 Å². The Hall–Kier alpha value is -7.05. The second-order valence-electron chi connectivity index (χ2n) is 14.7. The minimum absolute atomic E-state index is 0.0707. The Bertz CT molecular complexity index is 2400. The number of amides is 4. The van der Waals surface area contributed by atoms with Gasteiger partial charge in [-0.3, -0.25) is 29.0 Å². The van der Waals surface area contributed by atoms with Gasteiger partial charge in [-0.25, -0.2) is 9.59 Å². The van der Waals surface area contributed by atoms with Gasteiger partial charge in [0.15, 0.2) is 12.2 Å². The van der Waals surface area contributed by atoms with Crippen molar-refractivity contribution in [1.29, 1.82) is 0 Å². The fraction of sp³-hybridized carbons (Fsp3) is 0.184. The molecule has 5 aromatic rings. The van der Waals surface area contributed by atoms with Crippen molar-refractivity contribution >= 4 is 47.3 Å². The lowest BCUT2D eigenvalue weighted by atomic mass is 10.00. The van der Waals surface area contributed by atoms with Crippen LogP contribution < -0.4 is 5.32 Å². The van der Waals surface area contributed by atoms with Crippen LogP contribution in [0.5, 0.6) is 0 Å². The van der Waals surface area contributed by atoms with Gasteiger partial charge < -0.3 is 14.8 Å². The molecule has 0 bridgehead atoms. The highest BCUT2D eigenvalue weighted by Gasteiger charge is 2.54. The maximum Gasteiger partial charge on any atom is 0.356 e. The number of benzene rings is 5. The molecule has 3 atom stereocenters. The fourth-order valence-electron chi connectivity index (χ4n) is 7.86. The van der Waals surface area contributed by atoms with Crippen molar-refractivity contribution in [2.75, 3.05) is 5.75 Å². The van der Waals surface area contributed by atoms with Crippen LogP contribution in [0.4, 0.5) is 0 Å². The van der Waals surface area contributed by atoms with E-state index in [1.165, 1.54) is 34.9 Å². The van der Waals surface area contributed by atoms with E-state index in [-0.39, 0.29) is 36.1 Å². The third-order valence-electron chi connectivity index (χ3n) is 10.9. The largest absolute Gasteiger partial charge is 0.451 e. The molecule has 0 saturated carbocycles. The van der Waals surface area contributed by atoms with Crippen molar-refractivity contribution in [3.63, 3.8) is 0 Å². The molecule has 12 heteroatoms. The number of imide groups is 1. The summed E-state index contributed by atoms with van der Waals surface area (Å²) in [6, 6.07) is 41.0. The molecule has 0 radical (unpaired) electrons. The number of rotatable bonds is 15. The molecule has 306 valence electrons. The van der Waals surface area contributed by atoms with Gasteiger partial charge in [0.1, 0.15) is 23.2 Å². The topological polar surface area (TPSA) is 139 Å². The Morgan fingerprint density at radius 3 is 1.62 bits per heavy atom. The van der Waals surface area contributed by atoms with Gasteiger partial charge in [-0.2, -0.15) is 0 Å². The third kappa shape index (κ3) is 8.27. The van der Waals surface area contributed by atoms with E-state index in [4.69, 9.17) is 9.47 Å². The molecule has 5 aromatic carbocycles. The van der Waals surface area contributed by atoms with E-state index in [0.717, 1.165) is 16.0 Å². The lowest BCUT2D eigenvalue weighted by Gasteiger charge is -2.49. The zero-order valence-electron chi connectivity index (χ0n) is 32.9. The molecule has 1 saturated heterocycles. The number of allylic oxidation sites excluding steroid dienone is 1. The van der Waals surface area contributed by atoms with E-state index in [0.29, 0.717) is 22.5 Å². The number of nitrogens with zero attached hydrogens (tertiary/aromatic N) is 2. The zero-order chi connectivity index (χ0) is 42.5. The summed E-state index contributed by atoms with van der Waals surface area (Å²) in [5, 5.41) is 2.23. The number of carbonyl (C=O) groups excluding carboxylic acids is 6. The molecule has 3 aliphatic rings. The number of carbonyl (C=O) groups is 6. The van der Waals surface area contributed by atoms with Gasteiger partial charge in [-0.15, -0.1) is 11.8 Å². The monoisotopic (exact) mass is 831 g/mol. The van der Waals surface area contributed by atoms with Crippen LogP contribution in [0.2, 0.25) is 0 Å². The summed E-state index contributed by atoms with van der Waals surface area (Å²) in [6.07, 6.45) is -0.178. The van der Waals surface area contributed by atoms with Crippen LogP contribution in [-0.4, -0.2) is 68.6 Å². The number of ether oxygens (including phenoxy) is 2. The predicted molar refractivity (Wildman–Crippen MR) is 228 cm³/mol. The van der Waals surface area contributed by atoms with Gasteiger partial charge in [0, 0.05) is 12.2 Å². The molecule has 0 spiro atoms. The summed E-state index contributed by atoms with van der Waals surface area (Å²) in [5.74, 6) is -3.35. The summed E-state index contributed by atoms with van der Waals surface area (Å²) in [7, 11) is 0. The van der Waals surface area contributed by atoms with Crippen molar-refractivity contribution in [3.8, 4) is 0 Å². The van der Waals surface area contributed by atoms with Crippen molar-refractivity contribution in [3.05, 3.63) is 203 Å². The van der Waals surface area contributed by atoms with Crippen LogP contribution in [0.3, 0.4) is 0 Å². The Labute approximate surface area is 357 Å². The lowest BCUT2D eigenvalue weighted by molar-refractivity contribution is -0.154. The minimum Gasteiger partial charge on any atom is -0.451 e. The first kappa shape index (κ1) is 40.7. The molecule has 1 fully saturated rings. The van der Waals surface area contributed by atoms with Crippen LogP contribution in [-0.2, 0) is 28.7 Å². The second kappa shape index (κ2) is 18.1. The van der Waals surface area contributed by atoms with E-state index < -0.39 is 65.2 Å². The van der Waals surface area contributed by atoms with E-state index >= 15 is 0 Å². The molecule has 8 rings (SSSR count). The molecule has 1 N–H and O–H groups in total. The fourth-order valence-corrected chi connectivity index (χ4v) is 9.20. The molecule has 61 heavy (non-hydrogen) atoms. The van der Waals surface area contributed by atoms with Gasteiger partial charge in [-0.05, 0) is 52.8 Å². The quantitative estimate of drug-likeness (QED) is 0.0653. The number of hydrogen-bond acceptors (Lipinski definition) is 9. The molecular formula is C49H41N3O8S. The average Bonchev–Trinajstić information content (AvgIpc) is 3.56. The normalized spacial score (nSPS) is 17.4. The average molecular weight is 832 g/mol. The Morgan fingerprint density at radius 1 is 0.689 bits per heavy atom. The number of thioether (sulfide) groups is 1. The molecule has 2 unspecified atom stereocenters. The minimum atomic E-state index is -1.35. The summed E-state index contributed by atoms with van der Waals surface area (Å²) in [4.78, 5) is 85.2. The third-order valence-corrected chi connectivity index (χ3v) is 12.2. The maximum absolute atomic E-state index is 14.2. The van der Waals surface area contributed by atoms with Crippen molar-refractivity contribution in [1.82, 2.24) is 15.1 Å². The van der Waals surface area contributed by atoms with Crippen molar-refractivity contribution in [2.45, 2.75) is 48.9 Å². The number of hydrogen-bond donors (Lipinski definition) is 1. The molecule has 0 aliphatic carbocycles. The maximum atomic E-state index is 14.2. The van der Waals surface area contributed by atoms with Gasteiger partial charge in [-0.1, -0.05) is 146 Å². The first-order chi connectivity index (χ1) is 29.7. The van der Waals surface area contributed by atoms with E-state index in [1.54, 1.807) is 12.1 Å². The Morgan fingerprint density at radius 2 is 1.15 bits per heavy atom. The first-order valence-electron chi connectivity index (χ1n) is 19.9. The molecule has 3 heterocycles. The van der Waals surface area contributed by atoms with Crippen LogP contribution >= 0.6 is 11.8 Å². The molecule has 0 aromatic heterocycles. The van der Waals surface area contributed by atoms with Gasteiger partial charge in [0.25, 0.3) is 17.7 Å².